The molecule has 48 heavy (non-hydrogen) atoms. The third kappa shape index (κ3) is 6.63. The lowest BCUT2D eigenvalue weighted by Crippen LogP contribution is -2.62. The molecule has 0 aliphatic carbocycles. The van der Waals surface area contributed by atoms with Gasteiger partial charge >= 0.3 is 7.12 Å². The first-order valence-corrected chi connectivity index (χ1v) is 16.3. The average molecular weight is 654 g/mol. The maximum absolute atomic E-state index is 13.0. The van der Waals surface area contributed by atoms with Crippen LogP contribution in [0.4, 0.5) is 11.4 Å². The Hall–Kier alpha value is -4.08. The van der Waals surface area contributed by atoms with E-state index < -0.39 is 31.5 Å². The van der Waals surface area contributed by atoms with E-state index in [2.05, 4.69) is 21.8 Å². The van der Waals surface area contributed by atoms with Crippen molar-refractivity contribution >= 4 is 46.5 Å². The fraction of sp³-hybridized carbons (Fsp3) is 0.371. The fourth-order valence-corrected chi connectivity index (χ4v) is 6.48. The molecule has 3 aliphatic rings. The number of ether oxygens (including phenoxy) is 1. The first kappa shape index (κ1) is 32.5. The van der Waals surface area contributed by atoms with Crippen molar-refractivity contribution < 1.29 is 34.2 Å². The summed E-state index contributed by atoms with van der Waals surface area (Å²) in [6.07, 6.45) is -3.31. The number of rotatable bonds is 7. The van der Waals surface area contributed by atoms with E-state index in [1.165, 1.54) is 0 Å². The molecule has 3 fully saturated rings. The van der Waals surface area contributed by atoms with Crippen LogP contribution in [-0.4, -0.2) is 133 Å². The number of carbonyl (C=O) groups excluding carboxylic acids is 1. The number of anilines is 1. The van der Waals surface area contributed by atoms with Crippen LogP contribution in [0.3, 0.4) is 0 Å². The van der Waals surface area contributed by atoms with Crippen LogP contribution in [0, 0.1) is 0 Å². The lowest BCUT2D eigenvalue weighted by molar-refractivity contribution is -0.204. The molecule has 13 heteroatoms. The zero-order valence-electron chi connectivity index (χ0n) is 27.0. The van der Waals surface area contributed by atoms with Crippen molar-refractivity contribution in [1.82, 2.24) is 14.8 Å². The Kier molecular flexibility index (Phi) is 9.34. The predicted octanol–water partition coefficient (Wildman–Crippen LogP) is 1.48. The van der Waals surface area contributed by atoms with Crippen LogP contribution in [0.15, 0.2) is 77.8 Å². The standard InChI is InChI=1S/C35H40BN5O7/c1-39-14-16-41(17-15-39)19-30(43)40(2)25-11-9-24(10-12-25)37-32(22-6-4-3-5-7-22)31-26-13-8-23(18-27(26)38-35(31)45)36-47-21-29-34(48-36)33(44)28(42)20-46-29/h3-13,18,28-29,33-34,38,42,44-45H,14-17,19-21H2,1-2H3/t28-,29+,33+,34+/m0/s1. The van der Waals surface area contributed by atoms with Gasteiger partial charge in [0.15, 0.2) is 5.88 Å². The fourth-order valence-electron chi connectivity index (χ4n) is 6.48. The van der Waals surface area contributed by atoms with Crippen LogP contribution >= 0.6 is 0 Å². The van der Waals surface area contributed by atoms with Crippen molar-refractivity contribution in [3.8, 4) is 5.88 Å². The monoisotopic (exact) mass is 653 g/mol. The highest BCUT2D eigenvalue weighted by Crippen LogP contribution is 2.32. The number of likely N-dealkylation sites (N-methyl/N-ethyl adjacent to an activating group) is 2. The summed E-state index contributed by atoms with van der Waals surface area (Å²) in [7, 11) is 3.10. The number of fused-ring (bicyclic) bond motifs is 2. The van der Waals surface area contributed by atoms with Gasteiger partial charge in [-0.25, -0.2) is 4.99 Å². The number of aromatic amines is 1. The number of benzene rings is 3. The number of aliphatic hydroxyl groups is 2. The minimum atomic E-state index is -1.08. The minimum Gasteiger partial charge on any atom is -0.494 e. The van der Waals surface area contributed by atoms with Gasteiger partial charge in [-0.1, -0.05) is 42.5 Å². The third-order valence-electron chi connectivity index (χ3n) is 9.44. The Morgan fingerprint density at radius 1 is 1.02 bits per heavy atom. The molecule has 0 bridgehead atoms. The summed E-state index contributed by atoms with van der Waals surface area (Å²) in [5, 5.41) is 32.6. The number of nitrogens with zero attached hydrogens (tertiary/aromatic N) is 4. The second kappa shape index (κ2) is 13.8. The molecule has 7 rings (SSSR count). The Labute approximate surface area is 279 Å². The summed E-state index contributed by atoms with van der Waals surface area (Å²) in [4.78, 5) is 27.3. The second-order valence-electron chi connectivity index (χ2n) is 12.7. The van der Waals surface area contributed by atoms with Gasteiger partial charge in [-0.2, -0.15) is 0 Å². The molecule has 0 spiro atoms. The number of piperazine rings is 1. The summed E-state index contributed by atoms with van der Waals surface area (Å²) in [5.74, 6) is -0.00562. The lowest BCUT2D eigenvalue weighted by atomic mass is 9.76. The van der Waals surface area contributed by atoms with Crippen LogP contribution < -0.4 is 10.4 Å². The largest absolute Gasteiger partial charge is 0.494 e. The number of H-pyrrole nitrogens is 1. The number of hydrogen-bond donors (Lipinski definition) is 4. The number of nitrogens with one attached hydrogen (secondary N) is 1. The first-order valence-electron chi connectivity index (χ1n) is 16.3. The summed E-state index contributed by atoms with van der Waals surface area (Å²) >= 11 is 0. The normalized spacial score (nSPS) is 24.1. The number of hydrogen-bond acceptors (Lipinski definition) is 10. The molecule has 1 amide bonds. The van der Waals surface area contributed by atoms with Crippen molar-refractivity contribution in [2.75, 3.05) is 64.9 Å². The average Bonchev–Trinajstić information content (AvgIpc) is 3.44. The highest BCUT2D eigenvalue weighted by molar-refractivity contribution is 6.61. The van der Waals surface area contributed by atoms with E-state index in [9.17, 15) is 20.1 Å². The number of aliphatic hydroxyl groups excluding tert-OH is 2. The van der Waals surface area contributed by atoms with Gasteiger partial charge < -0.3 is 44.1 Å². The summed E-state index contributed by atoms with van der Waals surface area (Å²) in [6, 6.07) is 22.7. The van der Waals surface area contributed by atoms with E-state index in [0.29, 0.717) is 34.5 Å². The molecule has 4 aromatic rings. The highest BCUT2D eigenvalue weighted by Gasteiger charge is 2.46. The van der Waals surface area contributed by atoms with Crippen molar-refractivity contribution in [1.29, 1.82) is 0 Å². The molecule has 0 unspecified atom stereocenters. The van der Waals surface area contributed by atoms with Gasteiger partial charge in [-0.05, 0) is 42.8 Å². The molecule has 3 aliphatic heterocycles. The van der Waals surface area contributed by atoms with E-state index in [1.807, 2.05) is 72.8 Å². The minimum absolute atomic E-state index is 0.0273. The summed E-state index contributed by atoms with van der Waals surface area (Å²) in [6.45, 7) is 4.28. The second-order valence-corrected chi connectivity index (χ2v) is 12.7. The van der Waals surface area contributed by atoms with E-state index in [-0.39, 0.29) is 25.0 Å². The highest BCUT2D eigenvalue weighted by atomic mass is 16.7. The molecule has 1 aromatic heterocycles. The molecule has 3 aromatic carbocycles. The van der Waals surface area contributed by atoms with Crippen LogP contribution in [0.25, 0.3) is 10.9 Å². The van der Waals surface area contributed by atoms with Gasteiger partial charge in [-0.15, -0.1) is 0 Å². The Balaban J connectivity index is 1.15. The Bertz CT molecular complexity index is 1780. The number of amides is 1. The number of aromatic nitrogens is 1. The predicted molar refractivity (Wildman–Crippen MR) is 183 cm³/mol. The van der Waals surface area contributed by atoms with Crippen molar-refractivity contribution in [2.45, 2.75) is 24.4 Å². The number of carbonyl (C=O) groups is 1. The topological polar surface area (TPSA) is 143 Å². The van der Waals surface area contributed by atoms with Crippen LogP contribution in [0.1, 0.15) is 11.1 Å². The number of aliphatic imine (C=N–C) groups is 1. The molecule has 0 radical (unpaired) electrons. The SMILES string of the molecule is CN1CCN(CC(=O)N(C)c2ccc(N=C(c3ccccc3)c3c(O)[nH]c4cc(B5OC[C@H]6OC[C@H](O)[C@@H](O)[C@@H]6O5)ccc34)cc2)CC1. The molecule has 4 N–H and O–H groups in total. The zero-order chi connectivity index (χ0) is 33.4. The smallest absolute Gasteiger partial charge is 0.494 e. The van der Waals surface area contributed by atoms with Crippen molar-refractivity contribution in [2.24, 2.45) is 4.99 Å². The molecule has 4 heterocycles. The van der Waals surface area contributed by atoms with Gasteiger partial charge in [0.25, 0.3) is 0 Å². The Morgan fingerprint density at radius 3 is 2.52 bits per heavy atom. The van der Waals surface area contributed by atoms with Crippen LogP contribution in [0.5, 0.6) is 5.88 Å². The maximum atomic E-state index is 13.0. The van der Waals surface area contributed by atoms with Crippen molar-refractivity contribution in [3.63, 3.8) is 0 Å². The third-order valence-corrected chi connectivity index (χ3v) is 9.44. The van der Waals surface area contributed by atoms with Crippen molar-refractivity contribution in [3.05, 3.63) is 83.9 Å². The lowest BCUT2D eigenvalue weighted by Gasteiger charge is -2.42. The molecular weight excluding hydrogens is 613 g/mol. The molecule has 250 valence electrons. The number of aromatic hydroxyl groups is 1. The maximum Gasteiger partial charge on any atom is 0.494 e. The molecular formula is C35H40BN5O7. The first-order chi connectivity index (χ1) is 23.2. The van der Waals surface area contributed by atoms with Crippen LogP contribution in [-0.2, 0) is 18.8 Å². The Morgan fingerprint density at radius 2 is 1.77 bits per heavy atom. The van der Waals surface area contributed by atoms with E-state index >= 15 is 0 Å². The van der Waals surface area contributed by atoms with Gasteiger partial charge in [0.1, 0.15) is 18.3 Å². The molecule has 0 saturated carbocycles. The molecule has 3 saturated heterocycles. The van der Waals surface area contributed by atoms with Crippen LogP contribution in [0.2, 0.25) is 0 Å². The van der Waals surface area contributed by atoms with Gasteiger partial charge in [0.05, 0.1) is 42.8 Å². The zero-order valence-corrected chi connectivity index (χ0v) is 27.0. The van der Waals surface area contributed by atoms with E-state index in [1.54, 1.807) is 11.9 Å². The summed E-state index contributed by atoms with van der Waals surface area (Å²) < 4.78 is 17.5. The molecule has 4 atom stereocenters. The quantitative estimate of drug-likeness (QED) is 0.172. The van der Waals surface area contributed by atoms with Gasteiger partial charge in [0, 0.05) is 55.4 Å². The summed E-state index contributed by atoms with van der Waals surface area (Å²) in [5.41, 5.74) is 4.69. The van der Waals surface area contributed by atoms with E-state index in [0.717, 1.165) is 42.8 Å². The van der Waals surface area contributed by atoms with E-state index in [4.69, 9.17) is 19.0 Å². The van der Waals surface area contributed by atoms with Gasteiger partial charge in [0.2, 0.25) is 5.91 Å². The molecule has 12 nitrogen and oxygen atoms in total. The van der Waals surface area contributed by atoms with Gasteiger partial charge in [-0.3, -0.25) is 9.69 Å².